The van der Waals surface area contributed by atoms with Crippen molar-refractivity contribution in [3.8, 4) is 0 Å². The van der Waals surface area contributed by atoms with E-state index in [9.17, 15) is 9.90 Å². The van der Waals surface area contributed by atoms with E-state index in [0.717, 1.165) is 30.0 Å². The molecule has 0 unspecified atom stereocenters. The van der Waals surface area contributed by atoms with Gasteiger partial charge in [-0.05, 0) is 31.5 Å². The molecule has 1 N–H and O–H groups in total. The highest BCUT2D eigenvalue weighted by Crippen LogP contribution is 2.16. The monoisotopic (exact) mass is 347 g/mol. The topological polar surface area (TPSA) is 80.7 Å². The molecule has 25 heavy (non-hydrogen) atoms. The van der Waals surface area contributed by atoms with Crippen LogP contribution in [0.5, 0.6) is 0 Å². The Bertz CT molecular complexity index is 739. The Balaban J connectivity index is 1.52. The summed E-state index contributed by atoms with van der Waals surface area (Å²) in [6.07, 6.45) is 1.80. The zero-order valence-corrected chi connectivity index (χ0v) is 14.7. The molecule has 0 radical (unpaired) electrons. The molecule has 2 aromatic rings. The maximum atomic E-state index is 12.1. The number of fused-ring (bicyclic) bond motifs is 1. The summed E-state index contributed by atoms with van der Waals surface area (Å²) in [5, 5.41) is 14.7. The van der Waals surface area contributed by atoms with Gasteiger partial charge in [-0.25, -0.2) is 4.68 Å². The van der Waals surface area contributed by atoms with Gasteiger partial charge in [-0.15, -0.1) is 0 Å². The van der Waals surface area contributed by atoms with Crippen LogP contribution in [0.1, 0.15) is 36.9 Å². The van der Waals surface area contributed by atoms with Gasteiger partial charge in [0.2, 0.25) is 0 Å². The van der Waals surface area contributed by atoms with E-state index in [4.69, 9.17) is 9.15 Å². The average molecular weight is 347 g/mol. The second kappa shape index (κ2) is 7.95. The molecule has 1 aliphatic rings. The molecule has 0 bridgehead atoms. The minimum atomic E-state index is -0.583. The maximum Gasteiger partial charge on any atom is 0.267 e. The Labute approximate surface area is 146 Å². The van der Waals surface area contributed by atoms with Crippen LogP contribution in [-0.4, -0.2) is 45.6 Å². The van der Waals surface area contributed by atoms with Crippen molar-refractivity contribution < 1.29 is 14.3 Å². The minimum absolute atomic E-state index is 0.0592. The van der Waals surface area contributed by atoms with Crippen LogP contribution < -0.4 is 5.56 Å². The Hall–Kier alpha value is -1.96. The van der Waals surface area contributed by atoms with Crippen LogP contribution in [0.2, 0.25) is 0 Å². The molecule has 0 saturated carbocycles. The molecule has 0 saturated heterocycles. The van der Waals surface area contributed by atoms with E-state index >= 15 is 0 Å². The van der Waals surface area contributed by atoms with Gasteiger partial charge in [0, 0.05) is 32.1 Å². The molecular formula is C18H25N3O4. The van der Waals surface area contributed by atoms with Crippen LogP contribution in [0.4, 0.5) is 0 Å². The number of furan rings is 1. The summed E-state index contributed by atoms with van der Waals surface area (Å²) < 4.78 is 12.2. The fraction of sp³-hybridized carbons (Fsp3) is 0.556. The molecule has 136 valence electrons. The standard InChI is InChI=1S/C18H25N3O4/c1-13(2)21-18(23)8-14-9-20(6-5-17(14)19-21)10-15(22)11-24-12-16-4-3-7-25-16/h3-4,7-8,13,15,22H,5-6,9-12H2,1-2H3/t15-/m1/s1. The number of aliphatic hydroxyl groups is 1. The van der Waals surface area contributed by atoms with Crippen LogP contribution >= 0.6 is 0 Å². The third kappa shape index (κ3) is 4.56. The quantitative estimate of drug-likeness (QED) is 0.814. The molecule has 0 fully saturated rings. The molecule has 0 aromatic carbocycles. The fourth-order valence-corrected chi connectivity index (χ4v) is 3.04. The predicted octanol–water partition coefficient (Wildman–Crippen LogP) is 1.35. The largest absolute Gasteiger partial charge is 0.467 e. The van der Waals surface area contributed by atoms with Crippen molar-refractivity contribution >= 4 is 0 Å². The van der Waals surface area contributed by atoms with E-state index in [-0.39, 0.29) is 18.2 Å². The fourth-order valence-electron chi connectivity index (χ4n) is 3.04. The Morgan fingerprint density at radius 1 is 1.44 bits per heavy atom. The minimum Gasteiger partial charge on any atom is -0.467 e. The van der Waals surface area contributed by atoms with Crippen LogP contribution in [0.15, 0.2) is 33.7 Å². The van der Waals surface area contributed by atoms with E-state index in [1.807, 2.05) is 26.0 Å². The summed E-state index contributed by atoms with van der Waals surface area (Å²) in [5.74, 6) is 0.742. The van der Waals surface area contributed by atoms with Gasteiger partial charge in [0.1, 0.15) is 12.4 Å². The van der Waals surface area contributed by atoms with Crippen molar-refractivity contribution in [3.63, 3.8) is 0 Å². The van der Waals surface area contributed by atoms with E-state index in [1.54, 1.807) is 12.3 Å². The van der Waals surface area contributed by atoms with Crippen LogP contribution in [0.3, 0.4) is 0 Å². The van der Waals surface area contributed by atoms with Crippen LogP contribution in [0, 0.1) is 0 Å². The molecule has 3 rings (SSSR count). The number of nitrogens with zero attached hydrogens (tertiary/aromatic N) is 3. The van der Waals surface area contributed by atoms with Gasteiger partial charge >= 0.3 is 0 Å². The van der Waals surface area contributed by atoms with E-state index in [0.29, 0.717) is 19.7 Å². The van der Waals surface area contributed by atoms with Crippen molar-refractivity contribution in [1.29, 1.82) is 0 Å². The molecule has 1 aliphatic heterocycles. The lowest BCUT2D eigenvalue weighted by Gasteiger charge is -2.30. The predicted molar refractivity (Wildman–Crippen MR) is 92.2 cm³/mol. The first-order valence-electron chi connectivity index (χ1n) is 8.65. The van der Waals surface area contributed by atoms with Crippen molar-refractivity contribution in [2.24, 2.45) is 0 Å². The van der Waals surface area contributed by atoms with Gasteiger partial charge in [0.05, 0.1) is 30.7 Å². The highest BCUT2D eigenvalue weighted by atomic mass is 16.5. The number of hydrogen-bond donors (Lipinski definition) is 1. The molecule has 0 amide bonds. The van der Waals surface area contributed by atoms with Crippen molar-refractivity contribution in [3.05, 3.63) is 51.8 Å². The zero-order chi connectivity index (χ0) is 17.8. The third-order valence-electron chi connectivity index (χ3n) is 4.27. The normalized spacial score (nSPS) is 16.2. The first kappa shape index (κ1) is 17.8. The first-order valence-corrected chi connectivity index (χ1v) is 8.65. The maximum absolute atomic E-state index is 12.1. The zero-order valence-electron chi connectivity index (χ0n) is 14.7. The lowest BCUT2D eigenvalue weighted by Crippen LogP contribution is -2.40. The highest BCUT2D eigenvalue weighted by molar-refractivity contribution is 5.20. The summed E-state index contributed by atoms with van der Waals surface area (Å²) in [4.78, 5) is 14.2. The van der Waals surface area contributed by atoms with E-state index in [2.05, 4.69) is 10.00 Å². The molecule has 3 heterocycles. The summed E-state index contributed by atoms with van der Waals surface area (Å²) in [6, 6.07) is 5.38. The van der Waals surface area contributed by atoms with Gasteiger partial charge in [-0.2, -0.15) is 5.10 Å². The number of aliphatic hydroxyl groups excluding tert-OH is 1. The van der Waals surface area contributed by atoms with Gasteiger partial charge in [0.25, 0.3) is 5.56 Å². The van der Waals surface area contributed by atoms with Crippen molar-refractivity contribution in [2.75, 3.05) is 19.7 Å². The molecule has 0 aliphatic carbocycles. The van der Waals surface area contributed by atoms with Gasteiger partial charge < -0.3 is 14.3 Å². The highest BCUT2D eigenvalue weighted by Gasteiger charge is 2.21. The second-order valence-electron chi connectivity index (χ2n) is 6.73. The molecule has 7 heteroatoms. The average Bonchev–Trinajstić information content (AvgIpc) is 3.07. The lowest BCUT2D eigenvalue weighted by molar-refractivity contribution is 0.00294. The van der Waals surface area contributed by atoms with E-state index < -0.39 is 6.10 Å². The number of hydrogen-bond acceptors (Lipinski definition) is 6. The second-order valence-corrected chi connectivity index (χ2v) is 6.73. The van der Waals surface area contributed by atoms with Gasteiger partial charge in [-0.1, -0.05) is 0 Å². The van der Waals surface area contributed by atoms with Crippen LogP contribution in [0.25, 0.3) is 0 Å². The number of ether oxygens (including phenoxy) is 1. The number of rotatable bonds is 7. The van der Waals surface area contributed by atoms with Crippen LogP contribution in [-0.2, 0) is 24.3 Å². The Kier molecular flexibility index (Phi) is 5.67. The summed E-state index contributed by atoms with van der Waals surface area (Å²) in [7, 11) is 0. The van der Waals surface area contributed by atoms with Crippen molar-refractivity contribution in [1.82, 2.24) is 14.7 Å². The SMILES string of the molecule is CC(C)n1nc2c(cc1=O)CN(C[C@@H](O)COCc1ccco1)CC2. The third-order valence-corrected chi connectivity index (χ3v) is 4.27. The molecule has 0 spiro atoms. The molecule has 1 atom stereocenters. The van der Waals surface area contributed by atoms with Gasteiger partial charge in [-0.3, -0.25) is 9.69 Å². The molecular weight excluding hydrogens is 322 g/mol. The smallest absolute Gasteiger partial charge is 0.267 e. The summed E-state index contributed by atoms with van der Waals surface area (Å²) in [5.41, 5.74) is 1.86. The van der Waals surface area contributed by atoms with Gasteiger partial charge in [0.15, 0.2) is 0 Å². The van der Waals surface area contributed by atoms with E-state index in [1.165, 1.54) is 4.68 Å². The first-order chi connectivity index (χ1) is 12.0. The number of β-amino-alcohol motifs (C(OH)–C–C–N with tert-alkyl or cyclic N) is 1. The Morgan fingerprint density at radius 2 is 2.28 bits per heavy atom. The molecule has 7 nitrogen and oxygen atoms in total. The lowest BCUT2D eigenvalue weighted by atomic mass is 10.1. The van der Waals surface area contributed by atoms with Crippen molar-refractivity contribution in [2.45, 2.75) is 45.6 Å². The number of aromatic nitrogens is 2. The summed E-state index contributed by atoms with van der Waals surface area (Å²) in [6.45, 7) is 6.45. The Morgan fingerprint density at radius 3 is 3.00 bits per heavy atom. The summed E-state index contributed by atoms with van der Waals surface area (Å²) >= 11 is 0. The molecule has 2 aromatic heterocycles.